The van der Waals surface area contributed by atoms with E-state index in [2.05, 4.69) is 79.8 Å². The van der Waals surface area contributed by atoms with Gasteiger partial charge in [0.05, 0.1) is 0 Å². The van der Waals surface area contributed by atoms with E-state index in [0.717, 1.165) is 24.2 Å². The topological polar surface area (TPSA) is 38.0 Å². The maximum Gasteiger partial charge on any atom is 0.0387 e. The van der Waals surface area contributed by atoms with Gasteiger partial charge in [0.2, 0.25) is 0 Å². The Hall–Kier alpha value is -2.58. The fraction of sp³-hybridized carbons (Fsp3) is 0.217. The van der Waals surface area contributed by atoms with Gasteiger partial charge in [-0.2, -0.15) is 0 Å². The Morgan fingerprint density at radius 3 is 1.92 bits per heavy atom. The van der Waals surface area contributed by atoms with Gasteiger partial charge in [-0.25, -0.2) is 0 Å². The van der Waals surface area contributed by atoms with Crippen molar-refractivity contribution in [3.8, 4) is 0 Å². The van der Waals surface area contributed by atoms with Crippen molar-refractivity contribution in [1.29, 1.82) is 0 Å². The number of rotatable bonds is 5. The minimum atomic E-state index is 0.572. The molecule has 2 heteroatoms. The molecule has 0 saturated carbocycles. The number of fused-ring (bicyclic) bond motifs is 1. The van der Waals surface area contributed by atoms with Crippen LogP contribution in [0.3, 0.4) is 0 Å². The normalized spacial score (nSPS) is 11.9. The second-order valence-electron chi connectivity index (χ2n) is 6.10. The molecule has 0 saturated heterocycles. The molecule has 2 nitrogen and oxygen atoms in total. The van der Waals surface area contributed by atoms with Crippen LogP contribution in [-0.2, 0) is 0 Å². The number of anilines is 1. The fourth-order valence-electron chi connectivity index (χ4n) is 2.40. The summed E-state index contributed by atoms with van der Waals surface area (Å²) in [5, 5.41) is 6.01. The number of hydrogen-bond acceptors (Lipinski definition) is 2. The summed E-state index contributed by atoms with van der Waals surface area (Å²) < 4.78 is 0. The van der Waals surface area contributed by atoms with Crippen molar-refractivity contribution in [2.75, 3.05) is 12.3 Å². The Morgan fingerprint density at radius 2 is 1.40 bits per heavy atom. The van der Waals surface area contributed by atoms with Crippen molar-refractivity contribution < 1.29 is 0 Å². The second kappa shape index (κ2) is 10.3. The lowest BCUT2D eigenvalue weighted by Gasteiger charge is -2.08. The number of nitrogen functional groups attached to an aromatic ring is 1. The van der Waals surface area contributed by atoms with Gasteiger partial charge in [-0.05, 0) is 35.7 Å². The summed E-state index contributed by atoms with van der Waals surface area (Å²) in [5.74, 6) is 0. The van der Waals surface area contributed by atoms with Crippen molar-refractivity contribution in [2.24, 2.45) is 0 Å². The van der Waals surface area contributed by atoms with Gasteiger partial charge in [0.25, 0.3) is 0 Å². The predicted molar refractivity (Wildman–Crippen MR) is 112 cm³/mol. The molecule has 0 aromatic heterocycles. The van der Waals surface area contributed by atoms with Crippen LogP contribution in [0, 0.1) is 0 Å². The first-order chi connectivity index (χ1) is 12.2. The highest BCUT2D eigenvalue weighted by Gasteiger charge is 1.94. The molecule has 0 fully saturated rings. The Bertz CT molecular complexity index is 727. The average Bonchev–Trinajstić information content (AvgIpc) is 2.67. The molecule has 3 aromatic carbocycles. The summed E-state index contributed by atoms with van der Waals surface area (Å²) in [4.78, 5) is 0. The van der Waals surface area contributed by atoms with E-state index in [1.165, 1.54) is 10.8 Å². The standard InChI is InChI=1S/C13H20N2.C10H8/c1-3-11(2)15-10-6-8-12-7-4-5-9-13(12)14;1-2-6-10-8-4-3-7-9(10)5-1/h4-9,11,15H,3,10,14H2,1-2H3;1-8H/b8-6+;/t11-;/m0./s1. The Balaban J connectivity index is 0.000000194. The van der Waals surface area contributed by atoms with E-state index in [9.17, 15) is 0 Å². The van der Waals surface area contributed by atoms with Gasteiger partial charge in [0, 0.05) is 18.3 Å². The van der Waals surface area contributed by atoms with Crippen LogP contribution in [0.4, 0.5) is 5.69 Å². The molecule has 0 aliphatic carbocycles. The largest absolute Gasteiger partial charge is 0.398 e. The molecular formula is C23H28N2. The molecule has 3 rings (SSSR count). The number of para-hydroxylation sites is 1. The highest BCUT2D eigenvalue weighted by atomic mass is 14.9. The van der Waals surface area contributed by atoms with E-state index in [0.29, 0.717) is 6.04 Å². The molecule has 0 aliphatic heterocycles. The zero-order chi connectivity index (χ0) is 17.9. The monoisotopic (exact) mass is 332 g/mol. The van der Waals surface area contributed by atoms with E-state index in [-0.39, 0.29) is 0 Å². The van der Waals surface area contributed by atoms with Crippen molar-refractivity contribution in [1.82, 2.24) is 5.32 Å². The average molecular weight is 332 g/mol. The molecule has 0 bridgehead atoms. The summed E-state index contributed by atoms with van der Waals surface area (Å²) in [6.07, 6.45) is 5.32. The van der Waals surface area contributed by atoms with E-state index < -0.39 is 0 Å². The first-order valence-electron chi connectivity index (χ1n) is 8.89. The van der Waals surface area contributed by atoms with E-state index in [1.807, 2.05) is 24.3 Å². The third-order valence-electron chi connectivity index (χ3n) is 4.15. The quantitative estimate of drug-likeness (QED) is 0.605. The minimum Gasteiger partial charge on any atom is -0.398 e. The lowest BCUT2D eigenvalue weighted by atomic mass is 10.1. The van der Waals surface area contributed by atoms with Crippen LogP contribution in [0.2, 0.25) is 0 Å². The minimum absolute atomic E-state index is 0.572. The van der Waals surface area contributed by atoms with Crippen LogP contribution in [-0.4, -0.2) is 12.6 Å². The van der Waals surface area contributed by atoms with Crippen LogP contribution in [0.1, 0.15) is 25.8 Å². The molecule has 0 radical (unpaired) electrons. The SMILES string of the molecule is CC[C@H](C)NC/C=C/c1ccccc1N.c1ccc2ccccc2c1. The summed E-state index contributed by atoms with van der Waals surface area (Å²) in [7, 11) is 0. The fourth-order valence-corrected chi connectivity index (χ4v) is 2.40. The lowest BCUT2D eigenvalue weighted by Crippen LogP contribution is -2.24. The molecule has 3 aromatic rings. The third kappa shape index (κ3) is 6.44. The molecular weight excluding hydrogens is 304 g/mol. The van der Waals surface area contributed by atoms with Crippen LogP contribution < -0.4 is 11.1 Å². The van der Waals surface area contributed by atoms with Gasteiger partial charge < -0.3 is 11.1 Å². The number of nitrogens with two attached hydrogens (primary N) is 1. The second-order valence-corrected chi connectivity index (χ2v) is 6.10. The van der Waals surface area contributed by atoms with Gasteiger partial charge in [-0.3, -0.25) is 0 Å². The van der Waals surface area contributed by atoms with Crippen molar-refractivity contribution in [3.05, 3.63) is 84.4 Å². The summed E-state index contributed by atoms with van der Waals surface area (Å²) in [6.45, 7) is 5.25. The molecule has 1 atom stereocenters. The number of hydrogen-bond donors (Lipinski definition) is 2. The number of nitrogens with one attached hydrogen (secondary N) is 1. The van der Waals surface area contributed by atoms with Gasteiger partial charge in [0.15, 0.2) is 0 Å². The smallest absolute Gasteiger partial charge is 0.0387 e. The molecule has 0 amide bonds. The molecule has 0 unspecified atom stereocenters. The van der Waals surface area contributed by atoms with Gasteiger partial charge in [-0.1, -0.05) is 85.8 Å². The maximum absolute atomic E-state index is 5.82. The molecule has 130 valence electrons. The van der Waals surface area contributed by atoms with E-state index >= 15 is 0 Å². The Morgan fingerprint density at radius 1 is 0.880 bits per heavy atom. The molecule has 25 heavy (non-hydrogen) atoms. The van der Waals surface area contributed by atoms with Crippen LogP contribution in [0.5, 0.6) is 0 Å². The Labute approximate surface area is 151 Å². The van der Waals surface area contributed by atoms with Crippen LogP contribution >= 0.6 is 0 Å². The third-order valence-corrected chi connectivity index (χ3v) is 4.15. The highest BCUT2D eigenvalue weighted by molar-refractivity contribution is 5.82. The maximum atomic E-state index is 5.82. The molecule has 3 N–H and O–H groups in total. The van der Waals surface area contributed by atoms with Gasteiger partial charge in [0.1, 0.15) is 0 Å². The van der Waals surface area contributed by atoms with Gasteiger partial charge in [-0.15, -0.1) is 0 Å². The predicted octanol–water partition coefficient (Wildman–Crippen LogP) is 5.51. The van der Waals surface area contributed by atoms with E-state index in [4.69, 9.17) is 5.73 Å². The molecule has 0 heterocycles. The highest BCUT2D eigenvalue weighted by Crippen LogP contribution is 2.12. The zero-order valence-electron chi connectivity index (χ0n) is 15.2. The first-order valence-corrected chi connectivity index (χ1v) is 8.89. The zero-order valence-corrected chi connectivity index (χ0v) is 15.2. The summed E-state index contributed by atoms with van der Waals surface area (Å²) in [6, 6.07) is 25.2. The first kappa shape index (κ1) is 18.8. The lowest BCUT2D eigenvalue weighted by molar-refractivity contribution is 0.568. The molecule has 0 spiro atoms. The van der Waals surface area contributed by atoms with Crippen LogP contribution in [0.15, 0.2) is 78.9 Å². The summed E-state index contributed by atoms with van der Waals surface area (Å²) >= 11 is 0. The van der Waals surface area contributed by atoms with Crippen molar-refractivity contribution in [3.63, 3.8) is 0 Å². The summed E-state index contributed by atoms with van der Waals surface area (Å²) in [5.41, 5.74) is 7.73. The van der Waals surface area contributed by atoms with E-state index in [1.54, 1.807) is 0 Å². The van der Waals surface area contributed by atoms with Crippen molar-refractivity contribution >= 4 is 22.5 Å². The number of benzene rings is 3. The van der Waals surface area contributed by atoms with Crippen LogP contribution in [0.25, 0.3) is 16.8 Å². The van der Waals surface area contributed by atoms with Gasteiger partial charge >= 0.3 is 0 Å². The Kier molecular flexibility index (Phi) is 7.74. The van der Waals surface area contributed by atoms with Crippen molar-refractivity contribution in [2.45, 2.75) is 26.3 Å². The molecule has 0 aliphatic rings.